The maximum Gasteiger partial charge on any atom is 0.350 e. The molecule has 0 spiro atoms. The molecule has 0 rings (SSSR count). The van der Waals surface area contributed by atoms with Gasteiger partial charge in [0.2, 0.25) is 0 Å². The first kappa shape index (κ1) is 13.6. The SMILES string of the molecule is CCCCOC(=O)C(CC)C(=N)C(=O)O. The van der Waals surface area contributed by atoms with E-state index in [9.17, 15) is 9.59 Å². The third kappa shape index (κ3) is 4.58. The van der Waals surface area contributed by atoms with E-state index in [1.54, 1.807) is 6.92 Å². The Kier molecular flexibility index (Phi) is 6.33. The molecule has 0 aliphatic heterocycles. The second-order valence-electron chi connectivity index (χ2n) is 3.20. The van der Waals surface area contributed by atoms with Crippen LogP contribution in [0.3, 0.4) is 0 Å². The van der Waals surface area contributed by atoms with E-state index in [0.29, 0.717) is 6.61 Å². The molecule has 0 aromatic rings. The Labute approximate surface area is 88.9 Å². The normalized spacial score (nSPS) is 11.9. The number of aliphatic carboxylic acids is 1. The smallest absolute Gasteiger partial charge is 0.350 e. The molecule has 2 N–H and O–H groups in total. The Bertz CT molecular complexity index is 250. The number of carboxylic acid groups (broad SMARTS) is 1. The Morgan fingerprint density at radius 2 is 2.00 bits per heavy atom. The summed E-state index contributed by atoms with van der Waals surface area (Å²) in [5.74, 6) is -2.92. The van der Waals surface area contributed by atoms with E-state index in [-0.39, 0.29) is 6.42 Å². The van der Waals surface area contributed by atoms with Crippen LogP contribution in [0.1, 0.15) is 33.1 Å². The molecule has 5 nitrogen and oxygen atoms in total. The van der Waals surface area contributed by atoms with Gasteiger partial charge in [-0.1, -0.05) is 20.3 Å². The van der Waals surface area contributed by atoms with Gasteiger partial charge in [-0.05, 0) is 12.8 Å². The van der Waals surface area contributed by atoms with Crippen molar-refractivity contribution in [3.8, 4) is 0 Å². The van der Waals surface area contributed by atoms with E-state index >= 15 is 0 Å². The topological polar surface area (TPSA) is 87.5 Å². The van der Waals surface area contributed by atoms with Gasteiger partial charge in [-0.15, -0.1) is 0 Å². The predicted octanol–water partition coefficient (Wildman–Crippen LogP) is 1.46. The van der Waals surface area contributed by atoms with Gasteiger partial charge in [-0.3, -0.25) is 10.2 Å². The van der Waals surface area contributed by atoms with E-state index in [1.807, 2.05) is 6.92 Å². The summed E-state index contributed by atoms with van der Waals surface area (Å²) in [6.45, 7) is 3.91. The zero-order valence-electron chi connectivity index (χ0n) is 9.08. The quantitative estimate of drug-likeness (QED) is 0.382. The summed E-state index contributed by atoms with van der Waals surface area (Å²) in [6.07, 6.45) is 1.93. The van der Waals surface area contributed by atoms with Gasteiger partial charge in [0.15, 0.2) is 0 Å². The zero-order valence-corrected chi connectivity index (χ0v) is 9.08. The summed E-state index contributed by atoms with van der Waals surface area (Å²) < 4.78 is 4.86. The van der Waals surface area contributed by atoms with Crippen molar-refractivity contribution in [2.24, 2.45) is 5.92 Å². The lowest BCUT2D eigenvalue weighted by molar-refractivity contribution is -0.147. The lowest BCUT2D eigenvalue weighted by atomic mass is 10.0. The molecular formula is C10H17NO4. The fraction of sp³-hybridized carbons (Fsp3) is 0.700. The van der Waals surface area contributed by atoms with Crippen LogP contribution < -0.4 is 0 Å². The van der Waals surface area contributed by atoms with Gasteiger partial charge in [0.1, 0.15) is 11.6 Å². The van der Waals surface area contributed by atoms with Gasteiger partial charge < -0.3 is 9.84 Å². The highest BCUT2D eigenvalue weighted by atomic mass is 16.5. The lowest BCUT2D eigenvalue weighted by Crippen LogP contribution is -2.30. The number of unbranched alkanes of at least 4 members (excludes halogenated alkanes) is 1. The molecule has 0 aliphatic rings. The maximum atomic E-state index is 11.4. The molecule has 86 valence electrons. The predicted molar refractivity (Wildman–Crippen MR) is 55.0 cm³/mol. The van der Waals surface area contributed by atoms with Crippen LogP contribution in [-0.4, -0.2) is 29.4 Å². The Hall–Kier alpha value is -1.39. The van der Waals surface area contributed by atoms with E-state index < -0.39 is 23.6 Å². The first-order chi connectivity index (χ1) is 7.04. The highest BCUT2D eigenvalue weighted by Gasteiger charge is 2.27. The number of carboxylic acids is 1. The molecule has 1 unspecified atom stereocenters. The van der Waals surface area contributed by atoms with Gasteiger partial charge in [-0.2, -0.15) is 0 Å². The molecule has 1 atom stereocenters. The monoisotopic (exact) mass is 215 g/mol. The zero-order chi connectivity index (χ0) is 11.8. The van der Waals surface area contributed by atoms with Crippen LogP contribution in [0.4, 0.5) is 0 Å². The first-order valence-corrected chi connectivity index (χ1v) is 5.02. The summed E-state index contributed by atoms with van der Waals surface area (Å²) in [7, 11) is 0. The Morgan fingerprint density at radius 3 is 2.40 bits per heavy atom. The fourth-order valence-electron chi connectivity index (χ4n) is 1.06. The number of ether oxygens (including phenoxy) is 1. The van der Waals surface area contributed by atoms with E-state index in [2.05, 4.69) is 0 Å². The van der Waals surface area contributed by atoms with Crippen molar-refractivity contribution in [2.75, 3.05) is 6.61 Å². The molecule has 0 fully saturated rings. The summed E-state index contributed by atoms with van der Waals surface area (Å²) in [5, 5.41) is 15.8. The third-order valence-electron chi connectivity index (χ3n) is 2.01. The van der Waals surface area contributed by atoms with Crippen molar-refractivity contribution in [3.63, 3.8) is 0 Å². The number of rotatable bonds is 7. The van der Waals surface area contributed by atoms with Gasteiger partial charge in [-0.25, -0.2) is 4.79 Å². The molecule has 0 radical (unpaired) electrons. The fourth-order valence-corrected chi connectivity index (χ4v) is 1.06. The molecule has 5 heteroatoms. The molecule has 0 amide bonds. The summed E-state index contributed by atoms with van der Waals surface area (Å²) in [4.78, 5) is 21.9. The average molecular weight is 215 g/mol. The Balaban J connectivity index is 4.22. The molecule has 0 aromatic heterocycles. The van der Waals surface area contributed by atoms with Gasteiger partial charge in [0.05, 0.1) is 6.61 Å². The highest BCUT2D eigenvalue weighted by molar-refractivity contribution is 6.38. The van der Waals surface area contributed by atoms with Crippen LogP contribution in [0.2, 0.25) is 0 Å². The van der Waals surface area contributed by atoms with Crippen molar-refractivity contribution in [3.05, 3.63) is 0 Å². The van der Waals surface area contributed by atoms with Gasteiger partial charge >= 0.3 is 11.9 Å². The van der Waals surface area contributed by atoms with E-state index in [1.165, 1.54) is 0 Å². The van der Waals surface area contributed by atoms with Crippen LogP contribution in [0.25, 0.3) is 0 Å². The molecule has 0 bridgehead atoms. The van der Waals surface area contributed by atoms with Crippen LogP contribution in [0, 0.1) is 11.3 Å². The summed E-state index contributed by atoms with van der Waals surface area (Å²) in [6, 6.07) is 0. The molecule has 0 saturated carbocycles. The third-order valence-corrected chi connectivity index (χ3v) is 2.01. The Morgan fingerprint density at radius 1 is 1.40 bits per heavy atom. The molecule has 0 saturated heterocycles. The number of hydrogen-bond donors (Lipinski definition) is 2. The van der Waals surface area contributed by atoms with Crippen LogP contribution in [0.15, 0.2) is 0 Å². The minimum atomic E-state index is -1.37. The lowest BCUT2D eigenvalue weighted by Gasteiger charge is -2.12. The molecule has 0 aliphatic carbocycles. The van der Waals surface area contributed by atoms with Crippen molar-refractivity contribution >= 4 is 17.7 Å². The highest BCUT2D eigenvalue weighted by Crippen LogP contribution is 2.08. The van der Waals surface area contributed by atoms with E-state index in [4.69, 9.17) is 15.3 Å². The van der Waals surface area contributed by atoms with Crippen LogP contribution in [-0.2, 0) is 14.3 Å². The standard InChI is InChI=1S/C10H17NO4/c1-3-5-6-15-10(14)7(4-2)8(11)9(12)13/h7,11H,3-6H2,1-2H3,(H,12,13). The van der Waals surface area contributed by atoms with Crippen molar-refractivity contribution in [1.29, 1.82) is 5.41 Å². The summed E-state index contributed by atoms with van der Waals surface area (Å²) in [5.41, 5.74) is -0.598. The molecule has 0 heterocycles. The summed E-state index contributed by atoms with van der Waals surface area (Å²) >= 11 is 0. The van der Waals surface area contributed by atoms with Gasteiger partial charge in [0.25, 0.3) is 0 Å². The van der Waals surface area contributed by atoms with Crippen molar-refractivity contribution < 1.29 is 19.4 Å². The minimum absolute atomic E-state index is 0.274. The van der Waals surface area contributed by atoms with Crippen molar-refractivity contribution in [1.82, 2.24) is 0 Å². The van der Waals surface area contributed by atoms with Crippen LogP contribution in [0.5, 0.6) is 0 Å². The first-order valence-electron chi connectivity index (χ1n) is 5.02. The second kappa shape index (κ2) is 6.98. The number of esters is 1. The number of carbonyl (C=O) groups is 2. The number of carbonyl (C=O) groups excluding carboxylic acids is 1. The van der Waals surface area contributed by atoms with Gasteiger partial charge in [0, 0.05) is 0 Å². The van der Waals surface area contributed by atoms with Crippen molar-refractivity contribution in [2.45, 2.75) is 33.1 Å². The maximum absolute atomic E-state index is 11.4. The number of nitrogens with one attached hydrogen (secondary N) is 1. The number of hydrogen-bond acceptors (Lipinski definition) is 4. The van der Waals surface area contributed by atoms with Crippen LogP contribution >= 0.6 is 0 Å². The minimum Gasteiger partial charge on any atom is -0.477 e. The average Bonchev–Trinajstić information content (AvgIpc) is 2.19. The largest absolute Gasteiger partial charge is 0.477 e. The second-order valence-corrected chi connectivity index (χ2v) is 3.20. The molecular weight excluding hydrogens is 198 g/mol. The molecule has 0 aromatic carbocycles. The van der Waals surface area contributed by atoms with E-state index in [0.717, 1.165) is 12.8 Å². The molecule has 15 heavy (non-hydrogen) atoms.